The first kappa shape index (κ1) is 23.0. The van der Waals surface area contributed by atoms with Crippen molar-refractivity contribution in [1.82, 2.24) is 0 Å². The second-order valence-corrected chi connectivity index (χ2v) is 11.2. The van der Waals surface area contributed by atoms with Gasteiger partial charge in [0.2, 0.25) is 0 Å². The largest absolute Gasteiger partial charge is 0.744 e. The Balaban J connectivity index is 1.84. The molecule has 0 spiro atoms. The minimum Gasteiger partial charge on any atom is -0.744 e. The Labute approximate surface area is 180 Å². The van der Waals surface area contributed by atoms with Crippen LogP contribution in [0.25, 0.3) is 0 Å². The summed E-state index contributed by atoms with van der Waals surface area (Å²) in [5.74, 6) is 0. The number of hydrogen-bond donors (Lipinski definition) is 2. The highest BCUT2D eigenvalue weighted by Crippen LogP contribution is 2.27. The third kappa shape index (κ3) is 7.29. The monoisotopic (exact) mass is 494 g/mol. The number of anilines is 2. The molecule has 0 bridgehead atoms. The normalized spacial score (nSPS) is 11.6. The maximum atomic E-state index is 10.9. The van der Waals surface area contributed by atoms with Gasteiger partial charge in [0, 0.05) is 11.4 Å². The average Bonchev–Trinajstić information content (AvgIpc) is 2.59. The van der Waals surface area contributed by atoms with Gasteiger partial charge >= 0.3 is 0 Å². The molecule has 2 aromatic carbocycles. The maximum absolute atomic E-state index is 10.9. The summed E-state index contributed by atoms with van der Waals surface area (Å²) in [6, 6.07) is 10.3. The van der Waals surface area contributed by atoms with E-state index in [0.29, 0.717) is 20.0 Å². The van der Waals surface area contributed by atoms with Gasteiger partial charge in [-0.1, -0.05) is 24.4 Å². The standard InChI is InChI=1S/C14H12N2O6S6/c17-27(18,19)11-5-1-9(2-6-11)15-13(23)25-26-14(24)16-10-3-7-12(8-4-10)28(20,21)22/h1-8H,(H,15,23)(H,16,24)(H,17,18,19)(H,20,21,22)/p-2. The summed E-state index contributed by atoms with van der Waals surface area (Å²) in [4.78, 5) is -0.681. The lowest BCUT2D eigenvalue weighted by atomic mass is 10.3. The van der Waals surface area contributed by atoms with Crippen molar-refractivity contribution in [3.63, 3.8) is 0 Å². The highest BCUT2D eigenvalue weighted by molar-refractivity contribution is 8.89. The predicted octanol–water partition coefficient (Wildman–Crippen LogP) is 2.97. The summed E-state index contributed by atoms with van der Waals surface area (Å²) in [6.07, 6.45) is 0. The van der Waals surface area contributed by atoms with Crippen molar-refractivity contribution in [1.29, 1.82) is 0 Å². The van der Waals surface area contributed by atoms with Crippen LogP contribution in [0.5, 0.6) is 0 Å². The van der Waals surface area contributed by atoms with Crippen molar-refractivity contribution >= 4 is 86.3 Å². The second kappa shape index (κ2) is 9.49. The summed E-state index contributed by atoms with van der Waals surface area (Å²) >= 11 is 10.3. The second-order valence-electron chi connectivity index (χ2n) is 4.95. The molecule has 2 N–H and O–H groups in total. The molecule has 0 saturated heterocycles. The van der Waals surface area contributed by atoms with Gasteiger partial charge in [-0.15, -0.1) is 0 Å². The van der Waals surface area contributed by atoms with Gasteiger partial charge in [0.05, 0.1) is 9.79 Å². The molecule has 150 valence electrons. The van der Waals surface area contributed by atoms with Gasteiger partial charge in [-0.3, -0.25) is 0 Å². The fraction of sp³-hybridized carbons (Fsp3) is 0. The lowest BCUT2D eigenvalue weighted by molar-refractivity contribution is 0.461. The van der Waals surface area contributed by atoms with E-state index in [1.165, 1.54) is 48.5 Å². The van der Waals surface area contributed by atoms with E-state index < -0.39 is 20.2 Å². The molecule has 0 amide bonds. The van der Waals surface area contributed by atoms with Gasteiger partial charge in [-0.05, 0) is 70.1 Å². The Hall–Kier alpha value is -1.26. The zero-order chi connectivity index (χ0) is 20.9. The lowest BCUT2D eigenvalue weighted by Gasteiger charge is -2.11. The third-order valence-corrected chi connectivity index (χ3v) is 7.85. The maximum Gasteiger partial charge on any atom is 0.149 e. The van der Waals surface area contributed by atoms with Crippen LogP contribution in [0.2, 0.25) is 0 Å². The van der Waals surface area contributed by atoms with Gasteiger partial charge < -0.3 is 19.7 Å². The Kier molecular flexibility index (Phi) is 7.81. The highest BCUT2D eigenvalue weighted by Gasteiger charge is 2.07. The van der Waals surface area contributed by atoms with Crippen molar-refractivity contribution in [3.05, 3.63) is 48.5 Å². The number of rotatable bonds is 4. The van der Waals surface area contributed by atoms with Crippen molar-refractivity contribution in [2.75, 3.05) is 10.6 Å². The molecule has 28 heavy (non-hydrogen) atoms. The Bertz CT molecular complexity index is 993. The summed E-state index contributed by atoms with van der Waals surface area (Å²) in [6.45, 7) is 0. The molecule has 0 saturated carbocycles. The first-order valence-corrected chi connectivity index (χ1v) is 12.8. The van der Waals surface area contributed by atoms with E-state index in [4.69, 9.17) is 24.4 Å². The van der Waals surface area contributed by atoms with E-state index in [0.717, 1.165) is 21.6 Å². The summed E-state index contributed by atoms with van der Waals surface area (Å²) in [7, 11) is -6.77. The zero-order valence-electron chi connectivity index (χ0n) is 13.5. The first-order valence-electron chi connectivity index (χ1n) is 7.03. The fourth-order valence-electron chi connectivity index (χ4n) is 1.76. The number of hydrogen-bond acceptors (Lipinski definition) is 10. The molecule has 2 rings (SSSR count). The van der Waals surface area contributed by atoms with Gasteiger partial charge in [0.15, 0.2) is 0 Å². The van der Waals surface area contributed by atoms with E-state index >= 15 is 0 Å². The number of nitrogens with one attached hydrogen (secondary N) is 2. The van der Waals surface area contributed by atoms with Crippen molar-refractivity contribution in [2.24, 2.45) is 0 Å². The SMILES string of the molecule is O=S(=O)([O-])c1ccc(NC(=S)SSC(=S)Nc2ccc(S(=O)(=O)[O-])cc2)cc1. The van der Waals surface area contributed by atoms with Crippen molar-refractivity contribution in [2.45, 2.75) is 9.79 Å². The van der Waals surface area contributed by atoms with E-state index in [9.17, 15) is 25.9 Å². The molecule has 0 aliphatic heterocycles. The first-order chi connectivity index (χ1) is 12.9. The molecule has 0 unspecified atom stereocenters. The molecule has 0 aliphatic rings. The number of benzene rings is 2. The predicted molar refractivity (Wildman–Crippen MR) is 116 cm³/mol. The molecular weight excluding hydrogens is 485 g/mol. The van der Waals surface area contributed by atoms with Gasteiger partial charge in [0.1, 0.15) is 28.9 Å². The molecule has 0 fully saturated rings. The van der Waals surface area contributed by atoms with Crippen molar-refractivity contribution in [3.8, 4) is 0 Å². The summed E-state index contributed by atoms with van der Waals surface area (Å²) in [5, 5.41) is 5.70. The quantitative estimate of drug-likeness (QED) is 0.367. The van der Waals surface area contributed by atoms with Crippen molar-refractivity contribution < 1.29 is 25.9 Å². The van der Waals surface area contributed by atoms with Crippen LogP contribution in [0, 0.1) is 0 Å². The average molecular weight is 495 g/mol. The van der Waals surface area contributed by atoms with Crippen LogP contribution in [0.15, 0.2) is 58.3 Å². The van der Waals surface area contributed by atoms with Gasteiger partial charge in [-0.2, -0.15) is 0 Å². The van der Waals surface area contributed by atoms with Gasteiger partial charge in [-0.25, -0.2) is 16.8 Å². The molecule has 0 heterocycles. The molecule has 14 heteroatoms. The van der Waals surface area contributed by atoms with Crippen LogP contribution in [-0.4, -0.2) is 34.6 Å². The Morgan fingerprint density at radius 2 is 0.964 bits per heavy atom. The Morgan fingerprint density at radius 3 is 1.21 bits per heavy atom. The Morgan fingerprint density at radius 1 is 0.679 bits per heavy atom. The van der Waals surface area contributed by atoms with E-state index in [2.05, 4.69) is 10.6 Å². The van der Waals surface area contributed by atoms with Crippen LogP contribution in [-0.2, 0) is 20.2 Å². The molecule has 0 radical (unpaired) electrons. The minimum absolute atomic E-state index is 0.333. The molecule has 0 aliphatic carbocycles. The van der Waals surface area contributed by atoms with E-state index in [-0.39, 0.29) is 9.79 Å². The summed E-state index contributed by atoms with van der Waals surface area (Å²) in [5.41, 5.74) is 0.998. The topological polar surface area (TPSA) is 138 Å². The summed E-state index contributed by atoms with van der Waals surface area (Å²) < 4.78 is 66.0. The van der Waals surface area contributed by atoms with Crippen LogP contribution in [0.3, 0.4) is 0 Å². The van der Waals surface area contributed by atoms with Crippen LogP contribution >= 0.6 is 46.0 Å². The molecule has 0 aromatic heterocycles. The third-order valence-electron chi connectivity index (χ3n) is 2.97. The van der Waals surface area contributed by atoms with Crippen LogP contribution < -0.4 is 10.6 Å². The van der Waals surface area contributed by atoms with Crippen LogP contribution in [0.1, 0.15) is 0 Å². The van der Waals surface area contributed by atoms with Crippen LogP contribution in [0.4, 0.5) is 11.4 Å². The smallest absolute Gasteiger partial charge is 0.149 e. The van der Waals surface area contributed by atoms with Gasteiger partial charge in [0.25, 0.3) is 0 Å². The molecule has 2 aromatic rings. The lowest BCUT2D eigenvalue weighted by Crippen LogP contribution is -2.07. The fourth-order valence-corrected chi connectivity index (χ4v) is 4.72. The number of thiocarbonyl (C=S) groups is 2. The molecule has 8 nitrogen and oxygen atoms in total. The highest BCUT2D eigenvalue weighted by atomic mass is 33.1. The zero-order valence-corrected chi connectivity index (χ0v) is 18.4. The molecular formula is C14H10N2O6S6-2. The van der Waals surface area contributed by atoms with E-state index in [1.54, 1.807) is 0 Å². The minimum atomic E-state index is -4.51. The van der Waals surface area contributed by atoms with E-state index in [1.807, 2.05) is 0 Å². The molecule has 0 atom stereocenters.